The molecule has 0 unspecified atom stereocenters. The van der Waals surface area contributed by atoms with E-state index >= 15 is 0 Å². The van der Waals surface area contributed by atoms with Gasteiger partial charge in [-0.25, -0.2) is 0 Å². The number of ether oxygens (including phenoxy) is 1. The van der Waals surface area contributed by atoms with Gasteiger partial charge in [0.2, 0.25) is 0 Å². The van der Waals surface area contributed by atoms with E-state index in [1.54, 1.807) is 30.3 Å². The van der Waals surface area contributed by atoms with Crippen LogP contribution in [0.4, 0.5) is 5.69 Å². The monoisotopic (exact) mass is 374 g/mol. The van der Waals surface area contributed by atoms with Gasteiger partial charge in [0.1, 0.15) is 0 Å². The van der Waals surface area contributed by atoms with Gasteiger partial charge in [0.05, 0.1) is 17.4 Å². The second-order valence-electron chi connectivity index (χ2n) is 4.98. The molecule has 0 bridgehead atoms. The van der Waals surface area contributed by atoms with Crippen molar-refractivity contribution in [3.8, 4) is 6.07 Å². The summed E-state index contributed by atoms with van der Waals surface area (Å²) in [5, 5.41) is 12.0. The summed E-state index contributed by atoms with van der Waals surface area (Å²) in [6, 6.07) is 15.8. The third-order valence-electron chi connectivity index (χ3n) is 3.10. The molecule has 2 rings (SSSR count). The molecule has 0 aliphatic carbocycles. The standard InChI is InChI=1S/C18H15ClN2O3S/c19-16-4-2-1-3-14(16)11-25-12-18(23)24-10-17(22)21-15-7-5-13(9-20)6-8-15/h1-8H,10-12H2,(H,21,22). The molecular formula is C18H15ClN2O3S. The quantitative estimate of drug-likeness (QED) is 0.748. The molecule has 0 spiro atoms. The number of rotatable bonds is 7. The Balaban J connectivity index is 1.68. The Morgan fingerprint density at radius 1 is 1.16 bits per heavy atom. The minimum atomic E-state index is -0.466. The maximum absolute atomic E-state index is 11.7. The van der Waals surface area contributed by atoms with Crippen molar-refractivity contribution < 1.29 is 14.3 Å². The number of nitrogens with zero attached hydrogens (tertiary/aromatic N) is 1. The molecule has 128 valence electrons. The maximum Gasteiger partial charge on any atom is 0.316 e. The van der Waals surface area contributed by atoms with Crippen LogP contribution in [0, 0.1) is 11.3 Å². The summed E-state index contributed by atoms with van der Waals surface area (Å²) in [6.07, 6.45) is 0. The third kappa shape index (κ3) is 6.49. The number of carbonyl (C=O) groups excluding carboxylic acids is 2. The van der Waals surface area contributed by atoms with Crippen molar-refractivity contribution in [1.82, 2.24) is 0 Å². The number of anilines is 1. The van der Waals surface area contributed by atoms with Gasteiger partial charge in [-0.05, 0) is 35.9 Å². The number of hydrogen-bond acceptors (Lipinski definition) is 5. The molecule has 1 N–H and O–H groups in total. The Morgan fingerprint density at radius 3 is 2.56 bits per heavy atom. The topological polar surface area (TPSA) is 79.2 Å². The molecule has 0 saturated heterocycles. The van der Waals surface area contributed by atoms with Crippen LogP contribution >= 0.6 is 23.4 Å². The molecule has 7 heteroatoms. The molecule has 0 atom stereocenters. The zero-order valence-corrected chi connectivity index (χ0v) is 14.8. The molecule has 2 aromatic rings. The molecule has 1 amide bonds. The van der Waals surface area contributed by atoms with Crippen LogP contribution in [-0.2, 0) is 20.1 Å². The fraction of sp³-hybridized carbons (Fsp3) is 0.167. The van der Waals surface area contributed by atoms with Gasteiger partial charge in [0, 0.05) is 16.5 Å². The summed E-state index contributed by atoms with van der Waals surface area (Å²) in [4.78, 5) is 23.4. The van der Waals surface area contributed by atoms with E-state index < -0.39 is 11.9 Å². The summed E-state index contributed by atoms with van der Waals surface area (Å²) < 4.78 is 4.93. The van der Waals surface area contributed by atoms with Gasteiger partial charge >= 0.3 is 5.97 Å². The van der Waals surface area contributed by atoms with Crippen LogP contribution in [0.2, 0.25) is 5.02 Å². The molecule has 0 aromatic heterocycles. The molecular weight excluding hydrogens is 360 g/mol. The van der Waals surface area contributed by atoms with Crippen LogP contribution < -0.4 is 5.32 Å². The Hall–Kier alpha value is -2.49. The largest absolute Gasteiger partial charge is 0.455 e. The highest BCUT2D eigenvalue weighted by Crippen LogP contribution is 2.20. The first kappa shape index (κ1) is 18.8. The van der Waals surface area contributed by atoms with Gasteiger partial charge in [0.25, 0.3) is 5.91 Å². The number of nitriles is 1. The SMILES string of the molecule is N#Cc1ccc(NC(=O)COC(=O)CSCc2ccccc2Cl)cc1. The molecule has 25 heavy (non-hydrogen) atoms. The normalized spacial score (nSPS) is 9.92. The highest BCUT2D eigenvalue weighted by molar-refractivity contribution is 7.99. The van der Waals surface area contributed by atoms with Crippen LogP contribution in [0.3, 0.4) is 0 Å². The molecule has 0 aliphatic rings. The number of benzene rings is 2. The van der Waals surface area contributed by atoms with Crippen LogP contribution in [0.5, 0.6) is 0 Å². The highest BCUT2D eigenvalue weighted by atomic mass is 35.5. The minimum Gasteiger partial charge on any atom is -0.455 e. The Labute approximate surface area is 154 Å². The molecule has 2 aromatic carbocycles. The van der Waals surface area contributed by atoms with Crippen LogP contribution in [-0.4, -0.2) is 24.2 Å². The number of esters is 1. The van der Waals surface area contributed by atoms with Crippen molar-refractivity contribution in [2.45, 2.75) is 5.75 Å². The van der Waals surface area contributed by atoms with E-state index in [1.807, 2.05) is 24.3 Å². The van der Waals surface area contributed by atoms with E-state index in [0.29, 0.717) is 22.0 Å². The zero-order chi connectivity index (χ0) is 18.1. The molecule has 5 nitrogen and oxygen atoms in total. The number of amides is 1. The van der Waals surface area contributed by atoms with Crippen LogP contribution in [0.1, 0.15) is 11.1 Å². The number of halogens is 1. The van der Waals surface area contributed by atoms with E-state index in [4.69, 9.17) is 21.6 Å². The van der Waals surface area contributed by atoms with E-state index in [1.165, 1.54) is 11.8 Å². The fourth-order valence-corrected chi connectivity index (χ4v) is 2.98. The Kier molecular flexibility index (Phi) is 7.33. The molecule has 0 aliphatic heterocycles. The van der Waals surface area contributed by atoms with Crippen molar-refractivity contribution in [2.24, 2.45) is 0 Å². The number of hydrogen-bond donors (Lipinski definition) is 1. The lowest BCUT2D eigenvalue weighted by Crippen LogP contribution is -2.21. The fourth-order valence-electron chi connectivity index (χ4n) is 1.87. The summed E-state index contributed by atoms with van der Waals surface area (Å²) in [5.74, 6) is -0.178. The predicted octanol–water partition coefficient (Wildman–Crippen LogP) is 3.63. The zero-order valence-electron chi connectivity index (χ0n) is 13.2. The number of nitrogens with one attached hydrogen (secondary N) is 1. The van der Waals surface area contributed by atoms with E-state index in [-0.39, 0.29) is 12.4 Å². The first-order chi connectivity index (χ1) is 12.1. The van der Waals surface area contributed by atoms with Crippen molar-refractivity contribution in [1.29, 1.82) is 5.26 Å². The first-order valence-corrected chi connectivity index (χ1v) is 8.88. The van der Waals surface area contributed by atoms with Crippen LogP contribution in [0.25, 0.3) is 0 Å². The summed E-state index contributed by atoms with van der Waals surface area (Å²) in [7, 11) is 0. The van der Waals surface area contributed by atoms with Gasteiger partial charge in [-0.3, -0.25) is 9.59 Å². The van der Waals surface area contributed by atoms with E-state index in [9.17, 15) is 9.59 Å². The Bertz CT molecular complexity index is 788. The average Bonchev–Trinajstić information content (AvgIpc) is 2.62. The van der Waals surface area contributed by atoms with Gasteiger partial charge in [-0.1, -0.05) is 29.8 Å². The minimum absolute atomic E-state index is 0.134. The molecule has 0 heterocycles. The summed E-state index contributed by atoms with van der Waals surface area (Å²) in [5.41, 5.74) is 1.98. The van der Waals surface area contributed by atoms with Crippen molar-refractivity contribution in [3.63, 3.8) is 0 Å². The van der Waals surface area contributed by atoms with Crippen molar-refractivity contribution in [2.75, 3.05) is 17.7 Å². The van der Waals surface area contributed by atoms with Gasteiger partial charge in [-0.15, -0.1) is 11.8 Å². The van der Waals surface area contributed by atoms with Crippen molar-refractivity contribution >= 4 is 40.9 Å². The maximum atomic E-state index is 11.7. The lowest BCUT2D eigenvalue weighted by molar-refractivity contribution is -0.144. The lowest BCUT2D eigenvalue weighted by Gasteiger charge is -2.07. The summed E-state index contributed by atoms with van der Waals surface area (Å²) in [6.45, 7) is -0.356. The van der Waals surface area contributed by atoms with Gasteiger partial charge in [0.15, 0.2) is 6.61 Å². The number of carbonyl (C=O) groups is 2. The van der Waals surface area contributed by atoms with Crippen LogP contribution in [0.15, 0.2) is 48.5 Å². The predicted molar refractivity (Wildman–Crippen MR) is 98.4 cm³/mol. The second-order valence-corrected chi connectivity index (χ2v) is 6.38. The van der Waals surface area contributed by atoms with Gasteiger partial charge in [-0.2, -0.15) is 5.26 Å². The number of thioether (sulfide) groups is 1. The molecule has 0 fully saturated rings. The van der Waals surface area contributed by atoms with E-state index in [0.717, 1.165) is 5.56 Å². The first-order valence-electron chi connectivity index (χ1n) is 7.35. The molecule has 0 radical (unpaired) electrons. The molecule has 0 saturated carbocycles. The second kappa shape index (κ2) is 9.72. The highest BCUT2D eigenvalue weighted by Gasteiger charge is 2.09. The lowest BCUT2D eigenvalue weighted by atomic mass is 10.2. The summed E-state index contributed by atoms with van der Waals surface area (Å²) >= 11 is 7.41. The smallest absolute Gasteiger partial charge is 0.316 e. The average molecular weight is 375 g/mol. The van der Waals surface area contributed by atoms with Crippen molar-refractivity contribution in [3.05, 3.63) is 64.7 Å². The van der Waals surface area contributed by atoms with E-state index in [2.05, 4.69) is 5.32 Å². The third-order valence-corrected chi connectivity index (χ3v) is 4.42. The van der Waals surface area contributed by atoms with Gasteiger partial charge < -0.3 is 10.1 Å². The Morgan fingerprint density at radius 2 is 1.88 bits per heavy atom.